The summed E-state index contributed by atoms with van der Waals surface area (Å²) in [6, 6.07) is 3.00. The van der Waals surface area contributed by atoms with Crippen molar-refractivity contribution in [2.45, 2.75) is 12.5 Å². The summed E-state index contributed by atoms with van der Waals surface area (Å²) in [6.07, 6.45) is 0.118. The number of hydrogen-bond acceptors (Lipinski definition) is 7. The van der Waals surface area contributed by atoms with Gasteiger partial charge in [0.1, 0.15) is 6.04 Å². The summed E-state index contributed by atoms with van der Waals surface area (Å²) >= 11 is 0. The Balaban J connectivity index is 2.87. The van der Waals surface area contributed by atoms with Crippen LogP contribution in [0.5, 0.6) is 11.5 Å². The van der Waals surface area contributed by atoms with Crippen LogP contribution in [0, 0.1) is 0 Å². The third-order valence-electron chi connectivity index (χ3n) is 2.37. The smallest absolute Gasteiger partial charge is 0.504 e. The van der Waals surface area contributed by atoms with Gasteiger partial charge in [-0.15, -0.1) is 0 Å². The predicted molar refractivity (Wildman–Crippen MR) is 67.6 cm³/mol. The Hall–Kier alpha value is -1.64. The quantitative estimate of drug-likeness (QED) is 0.201. The van der Waals surface area contributed by atoms with Crippen LogP contribution in [-0.4, -0.2) is 34.0 Å². The first-order chi connectivity index (χ1) is 9.26. The first-order valence-corrected chi connectivity index (χ1v) is 6.91. The molecule has 1 rings (SSSR count). The van der Waals surface area contributed by atoms with Crippen molar-refractivity contribution in [1.29, 1.82) is 0 Å². The molecular formula is C10H15N2O7P. The molecule has 9 nitrogen and oxygen atoms in total. The SMILES string of the molecule is COC(=O)[C@H](Cc1ccc(OP(=O)(O)O)c(O)c1)NN. The van der Waals surface area contributed by atoms with E-state index in [0.29, 0.717) is 5.56 Å². The van der Waals surface area contributed by atoms with Gasteiger partial charge in [-0.05, 0) is 24.1 Å². The third-order valence-corrected chi connectivity index (χ3v) is 2.80. The number of hydrazine groups is 1. The van der Waals surface area contributed by atoms with E-state index < -0.39 is 25.6 Å². The summed E-state index contributed by atoms with van der Waals surface area (Å²) in [6.45, 7) is 0. The minimum Gasteiger partial charge on any atom is -0.504 e. The summed E-state index contributed by atoms with van der Waals surface area (Å²) < 4.78 is 19.5. The van der Waals surface area contributed by atoms with Crippen LogP contribution >= 0.6 is 7.82 Å². The minimum absolute atomic E-state index is 0.118. The number of benzene rings is 1. The van der Waals surface area contributed by atoms with Gasteiger partial charge in [0.25, 0.3) is 0 Å². The number of carbonyl (C=O) groups excluding carboxylic acids is 1. The largest absolute Gasteiger partial charge is 0.524 e. The Morgan fingerprint density at radius 1 is 1.50 bits per heavy atom. The van der Waals surface area contributed by atoms with Crippen LogP contribution in [0.2, 0.25) is 0 Å². The summed E-state index contributed by atoms with van der Waals surface area (Å²) in [7, 11) is -3.54. The van der Waals surface area contributed by atoms with Crippen molar-refractivity contribution >= 4 is 13.8 Å². The highest BCUT2D eigenvalue weighted by Crippen LogP contribution is 2.41. The number of phosphoric ester groups is 1. The highest BCUT2D eigenvalue weighted by molar-refractivity contribution is 7.46. The number of ether oxygens (including phenoxy) is 1. The summed E-state index contributed by atoms with van der Waals surface area (Å²) in [5, 5.41) is 9.60. The molecule has 0 unspecified atom stereocenters. The number of nitrogens with two attached hydrogens (primary N) is 1. The molecule has 1 aromatic rings. The van der Waals surface area contributed by atoms with Crippen LogP contribution in [-0.2, 0) is 20.5 Å². The maximum atomic E-state index is 11.3. The van der Waals surface area contributed by atoms with Crippen molar-refractivity contribution in [2.24, 2.45) is 5.84 Å². The number of nitrogens with one attached hydrogen (secondary N) is 1. The molecular weight excluding hydrogens is 291 g/mol. The van der Waals surface area contributed by atoms with Gasteiger partial charge in [0, 0.05) is 0 Å². The fourth-order valence-electron chi connectivity index (χ4n) is 1.48. The topological polar surface area (TPSA) is 151 Å². The molecule has 112 valence electrons. The lowest BCUT2D eigenvalue weighted by Gasteiger charge is -2.14. The number of phenolic OH excluding ortho intramolecular Hbond substituents is 1. The van der Waals surface area contributed by atoms with E-state index in [1.807, 2.05) is 0 Å². The molecule has 0 aromatic heterocycles. The second-order valence-electron chi connectivity index (χ2n) is 3.83. The van der Waals surface area contributed by atoms with Gasteiger partial charge in [-0.25, -0.2) is 9.99 Å². The molecule has 20 heavy (non-hydrogen) atoms. The first kappa shape index (κ1) is 16.4. The maximum Gasteiger partial charge on any atom is 0.524 e. The molecule has 1 atom stereocenters. The Labute approximate surface area is 114 Å². The zero-order valence-electron chi connectivity index (χ0n) is 10.5. The molecule has 10 heteroatoms. The van der Waals surface area contributed by atoms with E-state index in [-0.39, 0.29) is 12.2 Å². The van der Waals surface area contributed by atoms with Gasteiger partial charge in [0.2, 0.25) is 0 Å². The van der Waals surface area contributed by atoms with Crippen molar-refractivity contribution < 1.29 is 33.5 Å². The van der Waals surface area contributed by atoms with Crippen LogP contribution in [0.25, 0.3) is 0 Å². The van der Waals surface area contributed by atoms with E-state index in [1.165, 1.54) is 25.3 Å². The van der Waals surface area contributed by atoms with Crippen LogP contribution in [0.3, 0.4) is 0 Å². The first-order valence-electron chi connectivity index (χ1n) is 5.38. The lowest BCUT2D eigenvalue weighted by Crippen LogP contribution is -2.43. The fourth-order valence-corrected chi connectivity index (χ4v) is 1.89. The molecule has 1 aromatic carbocycles. The molecule has 0 fully saturated rings. The van der Waals surface area contributed by atoms with Crippen molar-refractivity contribution in [1.82, 2.24) is 5.43 Å². The zero-order chi connectivity index (χ0) is 15.3. The van der Waals surface area contributed by atoms with E-state index >= 15 is 0 Å². The highest BCUT2D eigenvalue weighted by atomic mass is 31.2. The van der Waals surface area contributed by atoms with E-state index in [4.69, 9.17) is 15.6 Å². The van der Waals surface area contributed by atoms with Gasteiger partial charge in [-0.1, -0.05) is 6.07 Å². The molecule has 0 aliphatic carbocycles. The highest BCUT2D eigenvalue weighted by Gasteiger charge is 2.21. The molecule has 0 saturated carbocycles. The number of phosphoric acid groups is 1. The Kier molecular flexibility index (Phi) is 5.49. The fraction of sp³-hybridized carbons (Fsp3) is 0.300. The van der Waals surface area contributed by atoms with Crippen LogP contribution in [0.4, 0.5) is 0 Å². The molecule has 0 aliphatic rings. The summed E-state index contributed by atoms with van der Waals surface area (Å²) in [5.41, 5.74) is 2.76. The van der Waals surface area contributed by atoms with Gasteiger partial charge < -0.3 is 14.4 Å². The zero-order valence-corrected chi connectivity index (χ0v) is 11.4. The van der Waals surface area contributed by atoms with E-state index in [9.17, 15) is 14.5 Å². The van der Waals surface area contributed by atoms with Gasteiger partial charge in [0.05, 0.1) is 7.11 Å². The van der Waals surface area contributed by atoms with Crippen LogP contribution < -0.4 is 15.8 Å². The van der Waals surface area contributed by atoms with E-state index in [0.717, 1.165) is 0 Å². The van der Waals surface area contributed by atoms with Crippen molar-refractivity contribution in [3.63, 3.8) is 0 Å². The number of aromatic hydroxyl groups is 1. The minimum atomic E-state index is -4.75. The van der Waals surface area contributed by atoms with Crippen molar-refractivity contribution in [2.75, 3.05) is 7.11 Å². The molecule has 0 amide bonds. The summed E-state index contributed by atoms with van der Waals surface area (Å²) in [4.78, 5) is 28.6. The lowest BCUT2D eigenvalue weighted by atomic mass is 10.1. The van der Waals surface area contributed by atoms with Crippen molar-refractivity contribution in [3.05, 3.63) is 23.8 Å². The lowest BCUT2D eigenvalue weighted by molar-refractivity contribution is -0.143. The van der Waals surface area contributed by atoms with Crippen LogP contribution in [0.15, 0.2) is 18.2 Å². The molecule has 0 radical (unpaired) electrons. The number of carbonyl (C=O) groups is 1. The van der Waals surface area contributed by atoms with Gasteiger partial charge >= 0.3 is 13.8 Å². The number of phenols is 1. The molecule has 0 aliphatic heterocycles. The molecule has 0 saturated heterocycles. The van der Waals surface area contributed by atoms with Crippen LogP contribution in [0.1, 0.15) is 5.56 Å². The van der Waals surface area contributed by atoms with E-state index in [1.54, 1.807) is 0 Å². The molecule has 0 spiro atoms. The molecule has 0 heterocycles. The Morgan fingerprint density at radius 3 is 2.60 bits per heavy atom. The van der Waals surface area contributed by atoms with E-state index in [2.05, 4.69) is 14.7 Å². The Bertz CT molecular complexity index is 530. The Morgan fingerprint density at radius 2 is 2.15 bits per heavy atom. The van der Waals surface area contributed by atoms with Gasteiger partial charge in [-0.2, -0.15) is 0 Å². The molecule has 0 bridgehead atoms. The maximum absolute atomic E-state index is 11.3. The average molecular weight is 306 g/mol. The number of rotatable bonds is 6. The van der Waals surface area contributed by atoms with Crippen molar-refractivity contribution in [3.8, 4) is 11.5 Å². The normalized spacial score (nSPS) is 12.8. The third kappa shape index (κ3) is 4.80. The average Bonchev–Trinajstić information content (AvgIpc) is 2.36. The standard InChI is InChI=1S/C10H15N2O7P/c1-18-10(14)7(12-11)4-6-2-3-9(8(13)5-6)19-20(15,16)17/h2-3,5,7,12-13H,4,11H2,1H3,(H2,15,16,17)/t7-/m0/s1. The number of esters is 1. The summed E-state index contributed by atoms with van der Waals surface area (Å²) in [5.74, 6) is 3.80. The monoisotopic (exact) mass is 306 g/mol. The molecule has 6 N–H and O–H groups in total. The second-order valence-corrected chi connectivity index (χ2v) is 4.99. The second kappa shape index (κ2) is 6.69. The van der Waals surface area contributed by atoms with Gasteiger partial charge in [0.15, 0.2) is 11.5 Å². The number of methoxy groups -OCH3 is 1. The number of hydrogen-bond donors (Lipinski definition) is 5. The van der Waals surface area contributed by atoms with Gasteiger partial charge in [-0.3, -0.25) is 20.4 Å². The predicted octanol–water partition coefficient (Wildman–Crippen LogP) is -0.589.